The molecule has 4 atom stereocenters. The van der Waals surface area contributed by atoms with Gasteiger partial charge < -0.3 is 20.5 Å². The van der Waals surface area contributed by atoms with E-state index in [1.54, 1.807) is 19.1 Å². The molecule has 38 heavy (non-hydrogen) atoms. The number of amides is 2. The number of aromatic hydroxyl groups is 1. The van der Waals surface area contributed by atoms with Gasteiger partial charge in [-0.15, -0.1) is 0 Å². The number of nitrogens with one attached hydrogen (secondary N) is 2. The number of ether oxygens (including phenoxy) is 1. The number of aryl methyl sites for hydroxylation is 1. The van der Waals surface area contributed by atoms with E-state index in [0.717, 1.165) is 32.1 Å². The van der Waals surface area contributed by atoms with E-state index in [0.29, 0.717) is 17.0 Å². The van der Waals surface area contributed by atoms with E-state index in [1.165, 1.54) is 30.0 Å². The minimum atomic E-state index is -0.550. The van der Waals surface area contributed by atoms with Crippen LogP contribution in [0.3, 0.4) is 0 Å². The van der Waals surface area contributed by atoms with Crippen molar-refractivity contribution in [3.05, 3.63) is 58.8 Å². The van der Waals surface area contributed by atoms with Gasteiger partial charge in [-0.2, -0.15) is 5.10 Å². The maximum atomic E-state index is 13.6. The summed E-state index contributed by atoms with van der Waals surface area (Å²) in [6, 6.07) is 5.83. The fourth-order valence-electron chi connectivity index (χ4n) is 5.88. The summed E-state index contributed by atoms with van der Waals surface area (Å²) in [4.78, 5) is 42.6. The summed E-state index contributed by atoms with van der Waals surface area (Å²) in [6.45, 7) is 1.78. The molecule has 11 heteroatoms. The van der Waals surface area contributed by atoms with Crippen LogP contribution in [0.4, 0.5) is 4.39 Å². The molecule has 0 spiro atoms. The first-order chi connectivity index (χ1) is 18.2. The Labute approximate surface area is 218 Å². The first-order valence-corrected chi connectivity index (χ1v) is 12.7. The Kier molecular flexibility index (Phi) is 7.00. The Morgan fingerprint density at radius 3 is 2.74 bits per heavy atom. The molecule has 2 amide bonds. The number of halogens is 1. The normalized spacial score (nSPS) is 22.6. The highest BCUT2D eigenvalue weighted by molar-refractivity contribution is 5.98. The summed E-state index contributed by atoms with van der Waals surface area (Å²) >= 11 is 0. The highest BCUT2D eigenvalue weighted by atomic mass is 19.1. The number of esters is 1. The minimum absolute atomic E-state index is 0.0108. The van der Waals surface area contributed by atoms with Crippen molar-refractivity contribution in [1.82, 2.24) is 25.2 Å². The van der Waals surface area contributed by atoms with E-state index in [4.69, 9.17) is 4.74 Å². The molecule has 2 saturated carbocycles. The van der Waals surface area contributed by atoms with Crippen molar-refractivity contribution in [1.29, 1.82) is 0 Å². The van der Waals surface area contributed by atoms with Crippen LogP contribution in [0.5, 0.6) is 5.75 Å². The molecule has 0 bridgehead atoms. The van der Waals surface area contributed by atoms with Crippen LogP contribution in [0.2, 0.25) is 0 Å². The van der Waals surface area contributed by atoms with Gasteiger partial charge in [0, 0.05) is 18.7 Å². The third kappa shape index (κ3) is 4.92. The Bertz CT molecular complexity index is 1410. The molecule has 2 unspecified atom stereocenters. The highest BCUT2D eigenvalue weighted by Gasteiger charge is 2.43. The Morgan fingerprint density at radius 2 is 1.97 bits per heavy atom. The van der Waals surface area contributed by atoms with E-state index >= 15 is 0 Å². The number of fused-ring (bicyclic) bond motifs is 2. The lowest BCUT2D eigenvalue weighted by molar-refractivity contribution is -0.147. The number of nitrogens with zero attached hydrogens (tertiary/aromatic N) is 3. The first-order valence-electron chi connectivity index (χ1n) is 12.7. The molecule has 0 aliphatic heterocycles. The number of hydrogen-bond acceptors (Lipinski definition) is 7. The van der Waals surface area contributed by atoms with Crippen LogP contribution in [0, 0.1) is 30.5 Å². The van der Waals surface area contributed by atoms with Gasteiger partial charge >= 0.3 is 5.97 Å². The van der Waals surface area contributed by atoms with Crippen molar-refractivity contribution < 1.29 is 28.6 Å². The van der Waals surface area contributed by atoms with Gasteiger partial charge in [-0.3, -0.25) is 14.4 Å². The Morgan fingerprint density at radius 1 is 1.16 bits per heavy atom. The van der Waals surface area contributed by atoms with Crippen LogP contribution >= 0.6 is 0 Å². The predicted molar refractivity (Wildman–Crippen MR) is 134 cm³/mol. The summed E-state index contributed by atoms with van der Waals surface area (Å²) in [6.07, 6.45) is 5.17. The topological polar surface area (TPSA) is 135 Å². The second kappa shape index (κ2) is 10.4. The second-order valence-corrected chi connectivity index (χ2v) is 10.2. The van der Waals surface area contributed by atoms with Crippen LogP contribution in [-0.2, 0) is 16.1 Å². The molecule has 2 fully saturated rings. The number of carbonyl (C=O) groups is 3. The van der Waals surface area contributed by atoms with Gasteiger partial charge in [-0.05, 0) is 68.1 Å². The fraction of sp³-hybridized carbons (Fsp3) is 0.444. The minimum Gasteiger partial charge on any atom is -0.503 e. The van der Waals surface area contributed by atoms with E-state index < -0.39 is 11.8 Å². The molecule has 0 radical (unpaired) electrons. The Hall–Kier alpha value is -4.02. The van der Waals surface area contributed by atoms with Gasteiger partial charge in [0.2, 0.25) is 0 Å². The van der Waals surface area contributed by atoms with Crippen LogP contribution in [0.25, 0.3) is 5.65 Å². The van der Waals surface area contributed by atoms with Crippen molar-refractivity contribution in [2.45, 2.75) is 51.6 Å². The number of benzene rings is 1. The summed E-state index contributed by atoms with van der Waals surface area (Å²) in [5.74, 6) is -1.24. The van der Waals surface area contributed by atoms with Gasteiger partial charge in [-0.1, -0.05) is 12.1 Å². The number of hydrogen-bond donors (Lipinski definition) is 3. The van der Waals surface area contributed by atoms with E-state index in [9.17, 15) is 23.9 Å². The number of carbonyl (C=O) groups excluding carboxylic acids is 3. The molecular weight excluding hydrogens is 493 g/mol. The average molecular weight is 524 g/mol. The second-order valence-electron chi connectivity index (χ2n) is 10.2. The van der Waals surface area contributed by atoms with Crippen molar-refractivity contribution >= 4 is 23.4 Å². The number of rotatable bonds is 6. The third-order valence-corrected chi connectivity index (χ3v) is 7.85. The molecule has 2 heterocycles. The standard InChI is InChI=1S/C27H30FN5O5/c1-14-9-15(3-7-19(14)28)12-29-25(35)21-11-22(33-24(31-21)23(34)13-30-33)26(36)32-20-8-5-16-10-17(27(37)38-2)4-6-18(16)20/h3,7,9,11,13,16-18,20,34H,4-6,8,10,12H2,1-2H3,(H,29,35)(H,32,36)/t16?,17?,18-,20+/m1/s1. The monoisotopic (exact) mass is 523 g/mol. The van der Waals surface area contributed by atoms with E-state index in [1.807, 2.05) is 0 Å². The predicted octanol–water partition coefficient (Wildman–Crippen LogP) is 2.91. The Balaban J connectivity index is 1.32. The molecule has 10 nitrogen and oxygen atoms in total. The lowest BCUT2D eigenvalue weighted by Gasteiger charge is -2.33. The number of methoxy groups -OCH3 is 1. The zero-order chi connectivity index (χ0) is 27.0. The van der Waals surface area contributed by atoms with Crippen LogP contribution < -0.4 is 10.6 Å². The van der Waals surface area contributed by atoms with Crippen molar-refractivity contribution in [2.75, 3.05) is 7.11 Å². The third-order valence-electron chi connectivity index (χ3n) is 7.85. The van der Waals surface area contributed by atoms with Gasteiger partial charge in [0.1, 0.15) is 17.2 Å². The fourth-order valence-corrected chi connectivity index (χ4v) is 5.88. The maximum Gasteiger partial charge on any atom is 0.308 e. The zero-order valence-electron chi connectivity index (χ0n) is 21.2. The molecule has 2 aliphatic rings. The molecule has 1 aromatic carbocycles. The van der Waals surface area contributed by atoms with Crippen molar-refractivity contribution in [3.63, 3.8) is 0 Å². The zero-order valence-corrected chi connectivity index (χ0v) is 21.2. The smallest absolute Gasteiger partial charge is 0.308 e. The lowest BCUT2D eigenvalue weighted by Crippen LogP contribution is -2.41. The van der Waals surface area contributed by atoms with Gasteiger partial charge in [0.15, 0.2) is 11.4 Å². The number of aromatic nitrogens is 3. The van der Waals surface area contributed by atoms with Crippen LogP contribution in [0.1, 0.15) is 64.2 Å². The molecule has 0 saturated heterocycles. The van der Waals surface area contributed by atoms with E-state index in [-0.39, 0.29) is 59.0 Å². The molecule has 2 aromatic heterocycles. The van der Waals surface area contributed by atoms with Gasteiger partial charge in [0.05, 0.1) is 19.2 Å². The molecule has 200 valence electrons. The van der Waals surface area contributed by atoms with Crippen molar-refractivity contribution in [2.24, 2.45) is 17.8 Å². The highest BCUT2D eigenvalue weighted by Crippen LogP contribution is 2.44. The molecule has 3 N–H and O–H groups in total. The SMILES string of the molecule is COC(=O)C1CC[C@@H]2C(CC[C@@H]2NC(=O)c2cc(C(=O)NCc3ccc(F)c(C)c3)nc3c(O)cnn23)C1. The largest absolute Gasteiger partial charge is 0.503 e. The van der Waals surface area contributed by atoms with Crippen LogP contribution in [0.15, 0.2) is 30.5 Å². The maximum absolute atomic E-state index is 13.6. The summed E-state index contributed by atoms with van der Waals surface area (Å²) in [5, 5.41) is 20.1. The summed E-state index contributed by atoms with van der Waals surface area (Å²) < 4.78 is 19.7. The molecule has 2 aliphatic carbocycles. The molecule has 5 rings (SSSR count). The molecular formula is C27H30FN5O5. The lowest BCUT2D eigenvalue weighted by atomic mass is 9.75. The van der Waals surface area contributed by atoms with Gasteiger partial charge in [0.25, 0.3) is 11.8 Å². The van der Waals surface area contributed by atoms with E-state index in [2.05, 4.69) is 20.7 Å². The summed E-state index contributed by atoms with van der Waals surface area (Å²) in [7, 11) is 1.41. The molecule has 3 aromatic rings. The van der Waals surface area contributed by atoms with Crippen LogP contribution in [-0.4, -0.2) is 50.6 Å². The first kappa shape index (κ1) is 25.6. The summed E-state index contributed by atoms with van der Waals surface area (Å²) in [5.41, 5.74) is 1.18. The average Bonchev–Trinajstić information content (AvgIpc) is 3.50. The van der Waals surface area contributed by atoms with Gasteiger partial charge in [-0.25, -0.2) is 13.9 Å². The quantitative estimate of drug-likeness (QED) is 0.423. The van der Waals surface area contributed by atoms with Crippen molar-refractivity contribution in [3.8, 4) is 5.75 Å².